The summed E-state index contributed by atoms with van der Waals surface area (Å²) in [5, 5.41) is 10.0. The van der Waals surface area contributed by atoms with Crippen molar-refractivity contribution in [3.63, 3.8) is 0 Å². The molecule has 0 saturated carbocycles. The standard InChI is InChI=1S/C27H24ClN3O/c28-23-15-13-20(14-16-23)24-19-31-26(22-11-5-2-6-12-22)25(21-9-3-1-4-10-21)29-27(31)30(24)17-7-8-18-32/h1-6,9-16,19,32H,7-8,17-18H2. The lowest BCUT2D eigenvalue weighted by atomic mass is 10.0. The summed E-state index contributed by atoms with van der Waals surface area (Å²) >= 11 is 6.14. The van der Waals surface area contributed by atoms with Crippen molar-refractivity contribution in [2.75, 3.05) is 6.61 Å². The van der Waals surface area contributed by atoms with Crippen LogP contribution in [0.1, 0.15) is 12.8 Å². The molecular formula is C27H24ClN3O. The summed E-state index contributed by atoms with van der Waals surface area (Å²) in [7, 11) is 0. The summed E-state index contributed by atoms with van der Waals surface area (Å²) < 4.78 is 4.44. The van der Waals surface area contributed by atoms with Crippen LogP contribution in [0.2, 0.25) is 5.02 Å². The van der Waals surface area contributed by atoms with Gasteiger partial charge in [0.1, 0.15) is 0 Å². The molecule has 5 aromatic rings. The Labute approximate surface area is 192 Å². The molecule has 0 atom stereocenters. The molecule has 2 heterocycles. The van der Waals surface area contributed by atoms with Gasteiger partial charge in [-0.25, -0.2) is 4.98 Å². The molecule has 160 valence electrons. The van der Waals surface area contributed by atoms with Crippen molar-refractivity contribution < 1.29 is 5.11 Å². The van der Waals surface area contributed by atoms with E-state index >= 15 is 0 Å². The predicted octanol–water partition coefficient (Wildman–Crippen LogP) is 6.56. The largest absolute Gasteiger partial charge is 0.396 e. The highest BCUT2D eigenvalue weighted by atomic mass is 35.5. The van der Waals surface area contributed by atoms with Crippen LogP contribution in [0.3, 0.4) is 0 Å². The van der Waals surface area contributed by atoms with E-state index in [4.69, 9.17) is 16.6 Å². The fourth-order valence-electron chi connectivity index (χ4n) is 4.16. The zero-order chi connectivity index (χ0) is 21.9. The molecule has 4 nitrogen and oxygen atoms in total. The predicted molar refractivity (Wildman–Crippen MR) is 131 cm³/mol. The number of halogens is 1. The third kappa shape index (κ3) is 3.83. The quantitative estimate of drug-likeness (QED) is 0.290. The molecule has 0 amide bonds. The number of hydrogen-bond acceptors (Lipinski definition) is 2. The van der Waals surface area contributed by atoms with Crippen LogP contribution in [0.4, 0.5) is 0 Å². The normalized spacial score (nSPS) is 11.3. The van der Waals surface area contributed by atoms with Gasteiger partial charge in [-0.15, -0.1) is 0 Å². The second-order valence-electron chi connectivity index (χ2n) is 7.81. The van der Waals surface area contributed by atoms with E-state index in [2.05, 4.69) is 51.6 Å². The number of aliphatic hydroxyl groups is 1. The lowest BCUT2D eigenvalue weighted by Gasteiger charge is -2.09. The van der Waals surface area contributed by atoms with E-state index in [0.29, 0.717) is 5.02 Å². The highest BCUT2D eigenvalue weighted by Crippen LogP contribution is 2.36. The number of benzene rings is 3. The molecule has 0 saturated heterocycles. The first kappa shape index (κ1) is 20.6. The fraction of sp³-hybridized carbons (Fsp3) is 0.148. The first-order valence-corrected chi connectivity index (χ1v) is 11.2. The second kappa shape index (κ2) is 9.03. The van der Waals surface area contributed by atoms with E-state index in [9.17, 15) is 5.11 Å². The summed E-state index contributed by atoms with van der Waals surface area (Å²) in [5.41, 5.74) is 6.41. The number of aryl methyl sites for hydroxylation is 1. The first-order chi connectivity index (χ1) is 15.8. The zero-order valence-electron chi connectivity index (χ0n) is 17.7. The summed E-state index contributed by atoms with van der Waals surface area (Å²) in [4.78, 5) is 5.14. The second-order valence-corrected chi connectivity index (χ2v) is 8.25. The number of hydrogen-bond donors (Lipinski definition) is 1. The van der Waals surface area contributed by atoms with E-state index in [1.54, 1.807) is 0 Å². The highest BCUT2D eigenvalue weighted by Gasteiger charge is 2.21. The minimum atomic E-state index is 0.187. The van der Waals surface area contributed by atoms with Gasteiger partial charge >= 0.3 is 0 Å². The average Bonchev–Trinajstić information content (AvgIpc) is 3.38. The Morgan fingerprint density at radius 2 is 1.41 bits per heavy atom. The molecule has 0 aliphatic heterocycles. The van der Waals surface area contributed by atoms with Crippen LogP contribution in [0.25, 0.3) is 39.5 Å². The third-order valence-electron chi connectivity index (χ3n) is 5.70. The van der Waals surface area contributed by atoms with Gasteiger partial charge in [0.2, 0.25) is 5.78 Å². The van der Waals surface area contributed by atoms with Gasteiger partial charge in [0.05, 0.1) is 17.1 Å². The maximum atomic E-state index is 9.33. The highest BCUT2D eigenvalue weighted by molar-refractivity contribution is 6.30. The molecule has 3 aromatic carbocycles. The van der Waals surface area contributed by atoms with Crippen molar-refractivity contribution >= 4 is 17.4 Å². The molecule has 0 radical (unpaired) electrons. The van der Waals surface area contributed by atoms with Crippen LogP contribution in [-0.4, -0.2) is 25.7 Å². The molecule has 0 spiro atoms. The van der Waals surface area contributed by atoms with Gasteiger partial charge in [-0.2, -0.15) is 0 Å². The van der Waals surface area contributed by atoms with Gasteiger partial charge < -0.3 is 9.67 Å². The van der Waals surface area contributed by atoms with Gasteiger partial charge in [0, 0.05) is 35.5 Å². The minimum absolute atomic E-state index is 0.187. The van der Waals surface area contributed by atoms with E-state index in [-0.39, 0.29) is 6.61 Å². The molecule has 5 heteroatoms. The Morgan fingerprint density at radius 1 is 0.750 bits per heavy atom. The van der Waals surface area contributed by atoms with Crippen LogP contribution >= 0.6 is 11.6 Å². The van der Waals surface area contributed by atoms with Crippen LogP contribution in [0.15, 0.2) is 91.1 Å². The van der Waals surface area contributed by atoms with Gasteiger partial charge in [-0.3, -0.25) is 4.40 Å². The van der Waals surface area contributed by atoms with Crippen LogP contribution < -0.4 is 0 Å². The molecule has 32 heavy (non-hydrogen) atoms. The SMILES string of the molecule is OCCCCn1c(-c2ccc(Cl)cc2)cn2c(-c3ccccc3)c(-c3ccccc3)nc12. The van der Waals surface area contributed by atoms with E-state index in [1.165, 1.54) is 0 Å². The van der Waals surface area contributed by atoms with E-state index in [1.807, 2.05) is 48.5 Å². The molecule has 0 aliphatic rings. The Kier molecular flexibility index (Phi) is 5.80. The molecule has 1 N–H and O–H groups in total. The average molecular weight is 442 g/mol. The Balaban J connectivity index is 1.77. The molecule has 2 aromatic heterocycles. The van der Waals surface area contributed by atoms with Crippen molar-refractivity contribution in [1.82, 2.24) is 14.0 Å². The number of fused-ring (bicyclic) bond motifs is 1. The van der Waals surface area contributed by atoms with E-state index < -0.39 is 0 Å². The number of aliphatic hydroxyl groups excluding tert-OH is 1. The third-order valence-corrected chi connectivity index (χ3v) is 5.95. The molecule has 5 rings (SSSR count). The molecule has 0 bridgehead atoms. The number of unbranched alkanes of at least 4 members (excludes halogenated alkanes) is 1. The summed E-state index contributed by atoms with van der Waals surface area (Å²) in [5.74, 6) is 0.894. The molecule has 0 unspecified atom stereocenters. The van der Waals surface area contributed by atoms with Crippen molar-refractivity contribution in [2.24, 2.45) is 0 Å². The van der Waals surface area contributed by atoms with Gasteiger partial charge in [-0.1, -0.05) is 84.4 Å². The maximum Gasteiger partial charge on any atom is 0.215 e. The Hall–Kier alpha value is -3.34. The van der Waals surface area contributed by atoms with E-state index in [0.717, 1.165) is 58.9 Å². The zero-order valence-corrected chi connectivity index (χ0v) is 18.4. The van der Waals surface area contributed by atoms with Crippen LogP contribution in [0.5, 0.6) is 0 Å². The minimum Gasteiger partial charge on any atom is -0.396 e. The summed E-state index contributed by atoms with van der Waals surface area (Å²) in [6.07, 6.45) is 3.79. The first-order valence-electron chi connectivity index (χ1n) is 10.9. The van der Waals surface area contributed by atoms with Gasteiger partial charge in [0.15, 0.2) is 0 Å². The number of aromatic nitrogens is 3. The van der Waals surface area contributed by atoms with Gasteiger partial charge in [0.25, 0.3) is 0 Å². The fourth-order valence-corrected chi connectivity index (χ4v) is 4.28. The molecule has 0 aliphatic carbocycles. The molecule has 0 fully saturated rings. The van der Waals surface area contributed by atoms with Crippen molar-refractivity contribution in [3.05, 3.63) is 96.1 Å². The van der Waals surface area contributed by atoms with Crippen molar-refractivity contribution in [3.8, 4) is 33.8 Å². The maximum absolute atomic E-state index is 9.33. The van der Waals surface area contributed by atoms with Gasteiger partial charge in [-0.05, 0) is 30.5 Å². The van der Waals surface area contributed by atoms with Crippen LogP contribution in [0, 0.1) is 0 Å². The lowest BCUT2D eigenvalue weighted by molar-refractivity contribution is 0.281. The van der Waals surface area contributed by atoms with Crippen LogP contribution in [-0.2, 0) is 6.54 Å². The smallest absolute Gasteiger partial charge is 0.215 e. The lowest BCUT2D eigenvalue weighted by Crippen LogP contribution is -2.02. The Morgan fingerprint density at radius 3 is 2.06 bits per heavy atom. The number of imidazole rings is 2. The summed E-state index contributed by atoms with van der Waals surface area (Å²) in [6.45, 7) is 0.960. The summed E-state index contributed by atoms with van der Waals surface area (Å²) in [6, 6.07) is 28.6. The number of rotatable bonds is 7. The topological polar surface area (TPSA) is 42.5 Å². The van der Waals surface area contributed by atoms with Crippen molar-refractivity contribution in [1.29, 1.82) is 0 Å². The Bertz CT molecular complexity index is 1320. The number of nitrogens with zero attached hydrogens (tertiary/aromatic N) is 3. The monoisotopic (exact) mass is 441 g/mol. The molecular weight excluding hydrogens is 418 g/mol. The van der Waals surface area contributed by atoms with Crippen molar-refractivity contribution in [2.45, 2.75) is 19.4 Å².